The average molecular weight is 236 g/mol. The maximum absolute atomic E-state index is 12.3. The van der Waals surface area contributed by atoms with Gasteiger partial charge in [-0.2, -0.15) is 0 Å². The summed E-state index contributed by atoms with van der Waals surface area (Å²) in [6.45, 7) is 5.09. The molecule has 1 saturated heterocycles. The number of hydrogen-bond donors (Lipinski definition) is 1. The third-order valence-corrected chi connectivity index (χ3v) is 3.72. The molecule has 0 aromatic carbocycles. The lowest BCUT2D eigenvalue weighted by molar-refractivity contribution is -0.00229. The molecule has 1 N–H and O–H groups in total. The molecule has 4 heteroatoms. The number of rotatable bonds is 1. The number of carbonyl (C=O) groups is 1. The number of aromatic nitrogens is 1. The highest BCUT2D eigenvalue weighted by Gasteiger charge is 2.30. The van der Waals surface area contributed by atoms with Gasteiger partial charge in [0.15, 0.2) is 0 Å². The highest BCUT2D eigenvalue weighted by atomic mass is 16.3. The van der Waals surface area contributed by atoms with E-state index in [1.807, 2.05) is 42.5 Å². The van der Waals surface area contributed by atoms with E-state index in [1.54, 1.807) is 0 Å². The van der Waals surface area contributed by atoms with Gasteiger partial charge >= 0.3 is 0 Å². The fourth-order valence-electron chi connectivity index (χ4n) is 2.18. The second-order valence-corrected chi connectivity index (χ2v) is 5.21. The third-order valence-electron chi connectivity index (χ3n) is 3.72. The molecule has 0 unspecified atom stereocenters. The van der Waals surface area contributed by atoms with Gasteiger partial charge in [-0.3, -0.25) is 4.79 Å². The van der Waals surface area contributed by atoms with Gasteiger partial charge in [-0.25, -0.2) is 0 Å². The van der Waals surface area contributed by atoms with Gasteiger partial charge in [-0.15, -0.1) is 0 Å². The monoisotopic (exact) mass is 236 g/mol. The second-order valence-electron chi connectivity index (χ2n) is 5.21. The molecule has 0 saturated carbocycles. The first-order chi connectivity index (χ1) is 7.91. The highest BCUT2D eigenvalue weighted by molar-refractivity contribution is 5.93. The van der Waals surface area contributed by atoms with Crippen molar-refractivity contribution in [2.45, 2.75) is 32.3 Å². The minimum atomic E-state index is -0.610. The van der Waals surface area contributed by atoms with Crippen molar-refractivity contribution in [2.75, 3.05) is 13.1 Å². The molecule has 94 valence electrons. The lowest BCUT2D eigenvalue weighted by atomic mass is 9.94. The molecule has 0 spiro atoms. The summed E-state index contributed by atoms with van der Waals surface area (Å²) < 4.78 is 1.91. The SMILES string of the molecule is Cc1ccc(C(=O)N2CCC(C)(O)CC2)n1C. The van der Waals surface area contributed by atoms with Gasteiger partial charge in [-0.05, 0) is 38.8 Å². The number of hydrogen-bond acceptors (Lipinski definition) is 2. The standard InChI is InChI=1S/C13H20N2O2/c1-10-4-5-11(14(10)3)12(16)15-8-6-13(2,17)7-9-15/h4-5,17H,6-9H2,1-3H3. The minimum absolute atomic E-state index is 0.0658. The van der Waals surface area contributed by atoms with Gasteiger partial charge in [-0.1, -0.05) is 0 Å². The van der Waals surface area contributed by atoms with Crippen LogP contribution in [0.5, 0.6) is 0 Å². The maximum atomic E-state index is 12.3. The van der Waals surface area contributed by atoms with Gasteiger partial charge in [0, 0.05) is 25.8 Å². The topological polar surface area (TPSA) is 45.5 Å². The van der Waals surface area contributed by atoms with E-state index >= 15 is 0 Å². The Kier molecular flexibility index (Phi) is 3.00. The first-order valence-corrected chi connectivity index (χ1v) is 6.05. The van der Waals surface area contributed by atoms with Crippen LogP contribution in [-0.2, 0) is 7.05 Å². The molecule has 2 rings (SSSR count). The Morgan fingerprint density at radius 1 is 1.35 bits per heavy atom. The maximum Gasteiger partial charge on any atom is 0.270 e. The smallest absolute Gasteiger partial charge is 0.270 e. The lowest BCUT2D eigenvalue weighted by Crippen LogP contribution is -2.45. The number of nitrogens with zero attached hydrogens (tertiary/aromatic N) is 2. The van der Waals surface area contributed by atoms with E-state index in [4.69, 9.17) is 0 Å². The van der Waals surface area contributed by atoms with E-state index in [-0.39, 0.29) is 5.91 Å². The summed E-state index contributed by atoms with van der Waals surface area (Å²) in [6, 6.07) is 3.82. The Labute approximate surface area is 102 Å². The largest absolute Gasteiger partial charge is 0.390 e. The van der Waals surface area contributed by atoms with Crippen molar-refractivity contribution in [3.63, 3.8) is 0 Å². The van der Waals surface area contributed by atoms with Crippen LogP contribution in [0.15, 0.2) is 12.1 Å². The van der Waals surface area contributed by atoms with Crippen LogP contribution < -0.4 is 0 Å². The van der Waals surface area contributed by atoms with E-state index < -0.39 is 5.60 Å². The Bertz CT molecular complexity index is 425. The van der Waals surface area contributed by atoms with Crippen LogP contribution in [0.1, 0.15) is 35.9 Å². The van der Waals surface area contributed by atoms with Gasteiger partial charge in [0.05, 0.1) is 5.60 Å². The average Bonchev–Trinajstić information content (AvgIpc) is 2.59. The van der Waals surface area contributed by atoms with Crippen LogP contribution in [0.2, 0.25) is 0 Å². The number of piperidine rings is 1. The first kappa shape index (κ1) is 12.2. The number of likely N-dealkylation sites (tertiary alicyclic amines) is 1. The fraction of sp³-hybridized carbons (Fsp3) is 0.615. The fourth-order valence-corrected chi connectivity index (χ4v) is 2.18. The van der Waals surface area contributed by atoms with Crippen LogP contribution in [-0.4, -0.2) is 39.2 Å². The molecule has 0 aliphatic carbocycles. The molecule has 1 amide bonds. The second kappa shape index (κ2) is 4.18. The first-order valence-electron chi connectivity index (χ1n) is 6.05. The number of aryl methyl sites for hydroxylation is 1. The van der Waals surface area contributed by atoms with Crippen molar-refractivity contribution in [3.05, 3.63) is 23.5 Å². The molecule has 2 heterocycles. The zero-order valence-electron chi connectivity index (χ0n) is 10.7. The van der Waals surface area contributed by atoms with Crippen molar-refractivity contribution < 1.29 is 9.90 Å². The van der Waals surface area contributed by atoms with E-state index in [2.05, 4.69) is 0 Å². The predicted octanol–water partition coefficient (Wildman–Crippen LogP) is 1.32. The summed E-state index contributed by atoms with van der Waals surface area (Å²) in [5, 5.41) is 9.86. The number of amides is 1. The molecule has 17 heavy (non-hydrogen) atoms. The molecular weight excluding hydrogens is 216 g/mol. The molecule has 1 aliphatic heterocycles. The highest BCUT2D eigenvalue weighted by Crippen LogP contribution is 2.22. The van der Waals surface area contributed by atoms with Crippen molar-refractivity contribution >= 4 is 5.91 Å². The summed E-state index contributed by atoms with van der Waals surface area (Å²) in [4.78, 5) is 14.1. The van der Waals surface area contributed by atoms with Gasteiger partial charge < -0.3 is 14.6 Å². The van der Waals surface area contributed by atoms with Crippen molar-refractivity contribution in [3.8, 4) is 0 Å². The molecule has 1 aromatic rings. The Morgan fingerprint density at radius 3 is 2.41 bits per heavy atom. The predicted molar refractivity (Wildman–Crippen MR) is 65.9 cm³/mol. The van der Waals surface area contributed by atoms with E-state index in [1.165, 1.54) is 0 Å². The lowest BCUT2D eigenvalue weighted by Gasteiger charge is -2.35. The van der Waals surface area contributed by atoms with E-state index in [0.717, 1.165) is 11.4 Å². The zero-order valence-corrected chi connectivity index (χ0v) is 10.7. The quantitative estimate of drug-likeness (QED) is 0.799. The van der Waals surface area contributed by atoms with Crippen LogP contribution >= 0.6 is 0 Å². The Hall–Kier alpha value is -1.29. The molecule has 1 aromatic heterocycles. The van der Waals surface area contributed by atoms with E-state index in [9.17, 15) is 9.90 Å². The Morgan fingerprint density at radius 2 is 1.94 bits per heavy atom. The molecule has 0 radical (unpaired) electrons. The summed E-state index contributed by atoms with van der Waals surface area (Å²) in [5.74, 6) is 0.0658. The summed E-state index contributed by atoms with van der Waals surface area (Å²) in [6.07, 6.45) is 1.31. The summed E-state index contributed by atoms with van der Waals surface area (Å²) >= 11 is 0. The Balaban J connectivity index is 2.10. The molecule has 0 atom stereocenters. The zero-order chi connectivity index (χ0) is 12.6. The number of carbonyl (C=O) groups excluding carboxylic acids is 1. The van der Waals surface area contributed by atoms with Gasteiger partial charge in [0.2, 0.25) is 0 Å². The molecular formula is C13H20N2O2. The number of aliphatic hydroxyl groups is 1. The third kappa shape index (κ3) is 2.36. The molecule has 0 bridgehead atoms. The normalized spacial score (nSPS) is 19.4. The molecule has 1 aliphatic rings. The van der Waals surface area contributed by atoms with E-state index in [0.29, 0.717) is 25.9 Å². The van der Waals surface area contributed by atoms with Crippen LogP contribution in [0, 0.1) is 6.92 Å². The van der Waals surface area contributed by atoms with Crippen LogP contribution in [0.3, 0.4) is 0 Å². The van der Waals surface area contributed by atoms with Gasteiger partial charge in [0.1, 0.15) is 5.69 Å². The van der Waals surface area contributed by atoms with Crippen LogP contribution in [0.25, 0.3) is 0 Å². The van der Waals surface area contributed by atoms with Crippen molar-refractivity contribution in [1.82, 2.24) is 9.47 Å². The molecule has 4 nitrogen and oxygen atoms in total. The summed E-state index contributed by atoms with van der Waals surface area (Å²) in [7, 11) is 1.91. The van der Waals surface area contributed by atoms with Gasteiger partial charge in [0.25, 0.3) is 5.91 Å². The van der Waals surface area contributed by atoms with Crippen molar-refractivity contribution in [1.29, 1.82) is 0 Å². The summed E-state index contributed by atoms with van der Waals surface area (Å²) in [5.41, 5.74) is 1.20. The molecule has 1 fully saturated rings. The van der Waals surface area contributed by atoms with Crippen molar-refractivity contribution in [2.24, 2.45) is 7.05 Å². The minimum Gasteiger partial charge on any atom is -0.390 e. The van der Waals surface area contributed by atoms with Crippen LogP contribution in [0.4, 0.5) is 0 Å².